The summed E-state index contributed by atoms with van der Waals surface area (Å²) in [5.74, 6) is 2.50. The molecule has 0 heterocycles. The van der Waals surface area contributed by atoms with Crippen molar-refractivity contribution in [3.63, 3.8) is 0 Å². The summed E-state index contributed by atoms with van der Waals surface area (Å²) in [5.41, 5.74) is 2.33. The molecule has 0 radical (unpaired) electrons. The zero-order valence-corrected chi connectivity index (χ0v) is 17.3. The first-order chi connectivity index (χ1) is 13.9. The van der Waals surface area contributed by atoms with Gasteiger partial charge in [0, 0.05) is 0 Å². The van der Waals surface area contributed by atoms with Crippen LogP contribution in [0, 0.1) is 11.8 Å². The smallest absolute Gasteiger partial charge is 0.00545 e. The molecule has 3 unspecified atom stereocenters. The molecular formula is C27H29P. The maximum Gasteiger partial charge on any atom is -0.00545 e. The molecule has 0 amide bonds. The van der Waals surface area contributed by atoms with E-state index in [0.717, 1.165) is 17.5 Å². The summed E-state index contributed by atoms with van der Waals surface area (Å²) in [7, 11) is -0.352. The molecule has 0 bridgehead atoms. The Kier molecular flexibility index (Phi) is 5.32. The molecule has 0 aliphatic heterocycles. The molecule has 142 valence electrons. The first-order valence-electron chi connectivity index (χ1n) is 10.9. The Hall–Kier alpha value is -1.91. The third kappa shape index (κ3) is 3.44. The molecule has 2 aliphatic carbocycles. The monoisotopic (exact) mass is 384 g/mol. The van der Waals surface area contributed by atoms with Crippen LogP contribution in [0.5, 0.6) is 0 Å². The first kappa shape index (κ1) is 18.1. The van der Waals surface area contributed by atoms with Crippen molar-refractivity contribution in [3.8, 4) is 0 Å². The summed E-state index contributed by atoms with van der Waals surface area (Å²) in [6.07, 6.45) is 7.13. The Balaban J connectivity index is 1.62. The Morgan fingerprint density at radius 1 is 0.607 bits per heavy atom. The van der Waals surface area contributed by atoms with Gasteiger partial charge in [0.2, 0.25) is 0 Å². The summed E-state index contributed by atoms with van der Waals surface area (Å²) >= 11 is 0. The Labute approximate surface area is 170 Å². The molecule has 28 heavy (non-hydrogen) atoms. The lowest BCUT2D eigenvalue weighted by Crippen LogP contribution is -2.26. The maximum atomic E-state index is 2.40. The highest BCUT2D eigenvalue weighted by atomic mass is 31.1. The van der Waals surface area contributed by atoms with Crippen molar-refractivity contribution in [1.82, 2.24) is 0 Å². The van der Waals surface area contributed by atoms with Crippen LogP contribution in [0.4, 0.5) is 0 Å². The average Bonchev–Trinajstić information content (AvgIpc) is 3.15. The molecule has 4 atom stereocenters. The fourth-order valence-corrected chi connectivity index (χ4v) is 9.11. The minimum atomic E-state index is -0.352. The highest BCUT2D eigenvalue weighted by Gasteiger charge is 2.47. The van der Waals surface area contributed by atoms with Gasteiger partial charge >= 0.3 is 0 Å². The molecule has 0 N–H and O–H groups in total. The highest BCUT2D eigenvalue weighted by molar-refractivity contribution is 7.73. The minimum absolute atomic E-state index is 0.352. The molecule has 0 spiro atoms. The molecular weight excluding hydrogens is 355 g/mol. The third-order valence-corrected chi connectivity index (χ3v) is 9.88. The summed E-state index contributed by atoms with van der Waals surface area (Å²) < 4.78 is 0. The van der Waals surface area contributed by atoms with Crippen LogP contribution >= 0.6 is 7.92 Å². The van der Waals surface area contributed by atoms with E-state index in [1.807, 2.05) is 0 Å². The second kappa shape index (κ2) is 8.22. The Morgan fingerprint density at radius 2 is 1.14 bits per heavy atom. The van der Waals surface area contributed by atoms with E-state index >= 15 is 0 Å². The van der Waals surface area contributed by atoms with Crippen molar-refractivity contribution < 1.29 is 0 Å². The average molecular weight is 385 g/mol. The van der Waals surface area contributed by atoms with Gasteiger partial charge in [0.15, 0.2) is 0 Å². The van der Waals surface area contributed by atoms with Gasteiger partial charge in [-0.25, -0.2) is 0 Å². The zero-order chi connectivity index (χ0) is 18.8. The zero-order valence-electron chi connectivity index (χ0n) is 16.5. The molecule has 1 heteroatoms. The Morgan fingerprint density at radius 3 is 1.75 bits per heavy atom. The predicted molar refractivity (Wildman–Crippen MR) is 122 cm³/mol. The molecule has 0 saturated heterocycles. The number of hydrogen-bond donors (Lipinski definition) is 0. The van der Waals surface area contributed by atoms with E-state index in [4.69, 9.17) is 0 Å². The minimum Gasteiger partial charge on any atom is -0.0622 e. The Bertz CT molecular complexity index is 834. The first-order valence-corrected chi connectivity index (χ1v) is 12.3. The summed E-state index contributed by atoms with van der Waals surface area (Å²) in [6, 6.07) is 34.2. The largest absolute Gasteiger partial charge is 0.0622 e. The lowest BCUT2D eigenvalue weighted by molar-refractivity contribution is 0.260. The molecule has 0 nitrogen and oxygen atoms in total. The number of benzene rings is 3. The van der Waals surface area contributed by atoms with Crippen molar-refractivity contribution in [2.45, 2.75) is 43.7 Å². The number of fused-ring (bicyclic) bond motifs is 1. The quantitative estimate of drug-likeness (QED) is 0.452. The van der Waals surface area contributed by atoms with Crippen molar-refractivity contribution in [3.05, 3.63) is 96.6 Å². The van der Waals surface area contributed by atoms with Gasteiger partial charge in [0.05, 0.1) is 0 Å². The van der Waals surface area contributed by atoms with Gasteiger partial charge in [-0.3, -0.25) is 0 Å². The topological polar surface area (TPSA) is 0 Å². The van der Waals surface area contributed by atoms with Crippen LogP contribution in [0.2, 0.25) is 0 Å². The van der Waals surface area contributed by atoms with Crippen LogP contribution in [-0.4, -0.2) is 5.66 Å². The molecule has 0 aromatic heterocycles. The highest BCUT2D eigenvalue weighted by Crippen LogP contribution is 2.60. The van der Waals surface area contributed by atoms with Gasteiger partial charge in [-0.05, 0) is 60.3 Å². The van der Waals surface area contributed by atoms with Gasteiger partial charge in [0.1, 0.15) is 0 Å². The van der Waals surface area contributed by atoms with E-state index in [0.29, 0.717) is 5.92 Å². The molecule has 3 aromatic rings. The summed E-state index contributed by atoms with van der Waals surface area (Å²) in [4.78, 5) is 0. The molecule has 2 aliphatic rings. The summed E-state index contributed by atoms with van der Waals surface area (Å²) in [5, 5.41) is 3.10. The fraction of sp³-hybridized carbons (Fsp3) is 0.333. The second-order valence-electron chi connectivity index (χ2n) is 8.49. The molecule has 3 aromatic carbocycles. The van der Waals surface area contributed by atoms with Crippen LogP contribution in [-0.2, 0) is 0 Å². The van der Waals surface area contributed by atoms with Crippen molar-refractivity contribution >= 4 is 18.5 Å². The lowest BCUT2D eigenvalue weighted by atomic mass is 9.76. The van der Waals surface area contributed by atoms with E-state index in [-0.39, 0.29) is 7.92 Å². The van der Waals surface area contributed by atoms with Gasteiger partial charge in [-0.1, -0.05) is 110 Å². The van der Waals surface area contributed by atoms with Crippen LogP contribution in [0.1, 0.15) is 43.6 Å². The standard InChI is InChI=1S/C27H29P/c1-4-12-21(13-5-1)27-25-19-11-10-14-22(25)20-26(27)28(23-15-6-2-7-16-23)24-17-8-3-9-18-24/h1-9,12-13,15-18,22,25-27H,10-11,14,19-20H2/t22?,25?,26?,27-/m0/s1. The van der Waals surface area contributed by atoms with E-state index in [1.165, 1.54) is 32.1 Å². The van der Waals surface area contributed by atoms with Crippen LogP contribution in [0.15, 0.2) is 91.0 Å². The fourth-order valence-electron chi connectivity index (χ4n) is 5.86. The molecule has 5 rings (SSSR count). The van der Waals surface area contributed by atoms with E-state index in [9.17, 15) is 0 Å². The summed E-state index contributed by atoms with van der Waals surface area (Å²) in [6.45, 7) is 0. The van der Waals surface area contributed by atoms with Crippen molar-refractivity contribution in [1.29, 1.82) is 0 Å². The van der Waals surface area contributed by atoms with Gasteiger partial charge in [-0.15, -0.1) is 0 Å². The number of rotatable bonds is 4. The lowest BCUT2D eigenvalue weighted by Gasteiger charge is -2.34. The van der Waals surface area contributed by atoms with Crippen LogP contribution in [0.25, 0.3) is 0 Å². The second-order valence-corrected chi connectivity index (χ2v) is 10.9. The SMILES string of the molecule is c1ccc([C@H]2C3CCCCC3CC2P(c2ccccc2)c2ccccc2)cc1. The van der Waals surface area contributed by atoms with Gasteiger partial charge in [-0.2, -0.15) is 0 Å². The van der Waals surface area contributed by atoms with Crippen LogP contribution in [0.3, 0.4) is 0 Å². The van der Waals surface area contributed by atoms with Crippen molar-refractivity contribution in [2.75, 3.05) is 0 Å². The van der Waals surface area contributed by atoms with E-state index in [1.54, 1.807) is 16.2 Å². The van der Waals surface area contributed by atoms with Gasteiger partial charge < -0.3 is 0 Å². The van der Waals surface area contributed by atoms with Crippen LogP contribution < -0.4 is 10.6 Å². The van der Waals surface area contributed by atoms with E-state index < -0.39 is 0 Å². The maximum absolute atomic E-state index is 2.40. The van der Waals surface area contributed by atoms with Gasteiger partial charge in [0.25, 0.3) is 0 Å². The van der Waals surface area contributed by atoms with E-state index in [2.05, 4.69) is 91.0 Å². The predicted octanol–water partition coefficient (Wildman–Crippen LogP) is 6.48. The third-order valence-electron chi connectivity index (χ3n) is 6.97. The molecule has 2 saturated carbocycles. The number of hydrogen-bond acceptors (Lipinski definition) is 0. The molecule has 2 fully saturated rings. The van der Waals surface area contributed by atoms with Crippen molar-refractivity contribution in [2.24, 2.45) is 11.8 Å². The normalized spacial score (nSPS) is 26.9.